The summed E-state index contributed by atoms with van der Waals surface area (Å²) in [5.74, 6) is 1.42. The lowest BCUT2D eigenvalue weighted by molar-refractivity contribution is 1.01. The summed E-state index contributed by atoms with van der Waals surface area (Å²) in [6.07, 6.45) is 6.90. The Labute approximate surface area is 116 Å². The molecule has 0 aliphatic rings. The SMILES string of the molecule is NCCNc1nc(-c2ccncc2)nc2cnccc12. The molecular weight excluding hydrogens is 252 g/mol. The molecule has 3 aromatic heterocycles. The average Bonchev–Trinajstić information content (AvgIpc) is 2.53. The molecule has 3 heterocycles. The van der Waals surface area contributed by atoms with Gasteiger partial charge in [-0.2, -0.15) is 0 Å². The minimum Gasteiger partial charge on any atom is -0.368 e. The molecule has 100 valence electrons. The predicted molar refractivity (Wildman–Crippen MR) is 78.1 cm³/mol. The second kappa shape index (κ2) is 5.58. The first kappa shape index (κ1) is 12.4. The lowest BCUT2D eigenvalue weighted by atomic mass is 10.2. The van der Waals surface area contributed by atoms with Crippen molar-refractivity contribution in [2.45, 2.75) is 0 Å². The Morgan fingerprint density at radius 3 is 2.60 bits per heavy atom. The van der Waals surface area contributed by atoms with Crippen LogP contribution < -0.4 is 11.1 Å². The van der Waals surface area contributed by atoms with Gasteiger partial charge in [-0.15, -0.1) is 0 Å². The van der Waals surface area contributed by atoms with Gasteiger partial charge >= 0.3 is 0 Å². The van der Waals surface area contributed by atoms with Crippen molar-refractivity contribution in [2.24, 2.45) is 5.73 Å². The van der Waals surface area contributed by atoms with E-state index >= 15 is 0 Å². The highest BCUT2D eigenvalue weighted by Crippen LogP contribution is 2.23. The van der Waals surface area contributed by atoms with E-state index in [-0.39, 0.29) is 0 Å². The van der Waals surface area contributed by atoms with Gasteiger partial charge in [-0.05, 0) is 18.2 Å². The van der Waals surface area contributed by atoms with Crippen LogP contribution in [0.5, 0.6) is 0 Å². The number of aromatic nitrogens is 4. The zero-order valence-corrected chi connectivity index (χ0v) is 10.8. The number of hydrogen-bond donors (Lipinski definition) is 2. The first-order valence-corrected chi connectivity index (χ1v) is 6.34. The molecule has 6 nitrogen and oxygen atoms in total. The van der Waals surface area contributed by atoms with Gasteiger partial charge in [0.15, 0.2) is 5.82 Å². The summed E-state index contributed by atoms with van der Waals surface area (Å²) >= 11 is 0. The summed E-state index contributed by atoms with van der Waals surface area (Å²) in [5.41, 5.74) is 7.26. The van der Waals surface area contributed by atoms with E-state index in [0.29, 0.717) is 18.9 Å². The molecule has 0 amide bonds. The third kappa shape index (κ3) is 2.41. The molecule has 0 bridgehead atoms. The minimum absolute atomic E-state index is 0.543. The monoisotopic (exact) mass is 266 g/mol. The van der Waals surface area contributed by atoms with Crippen molar-refractivity contribution in [3.8, 4) is 11.4 Å². The van der Waals surface area contributed by atoms with Crippen LogP contribution in [0.25, 0.3) is 22.3 Å². The largest absolute Gasteiger partial charge is 0.368 e. The Morgan fingerprint density at radius 1 is 1.00 bits per heavy atom. The van der Waals surface area contributed by atoms with Crippen LogP contribution in [0.4, 0.5) is 5.82 Å². The first-order chi connectivity index (χ1) is 9.88. The molecule has 0 fully saturated rings. The molecule has 0 atom stereocenters. The standard InChI is InChI=1S/C14H14N6/c15-4-8-18-14-11-3-7-17-9-12(11)19-13(20-14)10-1-5-16-6-2-10/h1-3,5-7,9H,4,8,15H2,(H,18,19,20). The molecule has 0 aliphatic heterocycles. The predicted octanol–water partition coefficient (Wildman–Crippen LogP) is 1.46. The van der Waals surface area contributed by atoms with Crippen molar-refractivity contribution >= 4 is 16.7 Å². The maximum Gasteiger partial charge on any atom is 0.162 e. The summed E-state index contributed by atoms with van der Waals surface area (Å²) in [6.45, 7) is 1.20. The Hall–Kier alpha value is -2.60. The van der Waals surface area contributed by atoms with E-state index < -0.39 is 0 Å². The fourth-order valence-corrected chi connectivity index (χ4v) is 1.94. The van der Waals surface area contributed by atoms with Gasteiger partial charge in [-0.1, -0.05) is 0 Å². The molecular formula is C14H14N6. The highest BCUT2D eigenvalue weighted by molar-refractivity contribution is 5.89. The van der Waals surface area contributed by atoms with Crippen LogP contribution in [-0.4, -0.2) is 33.0 Å². The number of hydrogen-bond acceptors (Lipinski definition) is 6. The summed E-state index contributed by atoms with van der Waals surface area (Å²) in [4.78, 5) is 17.2. The molecule has 3 N–H and O–H groups in total. The van der Waals surface area contributed by atoms with E-state index in [9.17, 15) is 0 Å². The molecule has 3 aromatic rings. The van der Waals surface area contributed by atoms with Crippen LogP contribution in [0.1, 0.15) is 0 Å². The smallest absolute Gasteiger partial charge is 0.162 e. The zero-order valence-electron chi connectivity index (χ0n) is 10.8. The molecule has 0 saturated carbocycles. The Bertz CT molecular complexity index is 713. The third-order valence-electron chi connectivity index (χ3n) is 2.87. The van der Waals surface area contributed by atoms with Crippen LogP contribution in [0.15, 0.2) is 43.0 Å². The van der Waals surface area contributed by atoms with E-state index in [1.165, 1.54) is 0 Å². The van der Waals surface area contributed by atoms with Crippen molar-refractivity contribution < 1.29 is 0 Å². The molecule has 0 unspecified atom stereocenters. The average molecular weight is 266 g/mol. The van der Waals surface area contributed by atoms with Crippen LogP contribution >= 0.6 is 0 Å². The van der Waals surface area contributed by atoms with Crippen LogP contribution in [0.2, 0.25) is 0 Å². The summed E-state index contributed by atoms with van der Waals surface area (Å²) in [5, 5.41) is 4.16. The van der Waals surface area contributed by atoms with Crippen LogP contribution in [0, 0.1) is 0 Å². The Kier molecular flexibility index (Phi) is 3.47. The lowest BCUT2D eigenvalue weighted by Crippen LogP contribution is -2.14. The van der Waals surface area contributed by atoms with Crippen molar-refractivity contribution in [1.82, 2.24) is 19.9 Å². The lowest BCUT2D eigenvalue weighted by Gasteiger charge is -2.09. The van der Waals surface area contributed by atoms with Crippen LogP contribution in [-0.2, 0) is 0 Å². The van der Waals surface area contributed by atoms with Gasteiger partial charge in [0, 0.05) is 42.6 Å². The maximum atomic E-state index is 5.54. The summed E-state index contributed by atoms with van der Waals surface area (Å²) < 4.78 is 0. The van der Waals surface area contributed by atoms with E-state index in [2.05, 4.69) is 25.3 Å². The van der Waals surface area contributed by atoms with Crippen molar-refractivity contribution in [3.63, 3.8) is 0 Å². The molecule has 20 heavy (non-hydrogen) atoms. The molecule has 0 aliphatic carbocycles. The van der Waals surface area contributed by atoms with E-state index in [1.807, 2.05) is 18.2 Å². The van der Waals surface area contributed by atoms with Gasteiger partial charge in [0.2, 0.25) is 0 Å². The number of anilines is 1. The second-order valence-corrected chi connectivity index (χ2v) is 4.24. The number of nitrogens with zero attached hydrogens (tertiary/aromatic N) is 4. The topological polar surface area (TPSA) is 89.6 Å². The Morgan fingerprint density at radius 2 is 1.80 bits per heavy atom. The normalized spacial score (nSPS) is 10.7. The molecule has 0 saturated heterocycles. The summed E-state index contributed by atoms with van der Waals surface area (Å²) in [7, 11) is 0. The van der Waals surface area contributed by atoms with E-state index in [1.54, 1.807) is 24.8 Å². The zero-order chi connectivity index (χ0) is 13.8. The molecule has 0 spiro atoms. The second-order valence-electron chi connectivity index (χ2n) is 4.24. The van der Waals surface area contributed by atoms with Gasteiger partial charge in [0.25, 0.3) is 0 Å². The fraction of sp³-hybridized carbons (Fsp3) is 0.143. The molecule has 0 aromatic carbocycles. The number of rotatable bonds is 4. The molecule has 3 rings (SSSR count). The minimum atomic E-state index is 0.543. The van der Waals surface area contributed by atoms with Crippen molar-refractivity contribution in [3.05, 3.63) is 43.0 Å². The van der Waals surface area contributed by atoms with E-state index in [0.717, 1.165) is 22.3 Å². The first-order valence-electron chi connectivity index (χ1n) is 6.34. The fourth-order valence-electron chi connectivity index (χ4n) is 1.94. The Balaban J connectivity index is 2.14. The highest BCUT2D eigenvalue weighted by Gasteiger charge is 2.08. The highest BCUT2D eigenvalue weighted by atomic mass is 15.0. The van der Waals surface area contributed by atoms with Crippen LogP contribution in [0.3, 0.4) is 0 Å². The van der Waals surface area contributed by atoms with Gasteiger partial charge in [-0.3, -0.25) is 9.97 Å². The number of fused-ring (bicyclic) bond motifs is 1. The van der Waals surface area contributed by atoms with E-state index in [4.69, 9.17) is 5.73 Å². The molecule has 6 heteroatoms. The number of nitrogens with one attached hydrogen (secondary N) is 1. The molecule has 0 radical (unpaired) electrons. The maximum absolute atomic E-state index is 5.54. The van der Waals surface area contributed by atoms with Gasteiger partial charge < -0.3 is 11.1 Å². The van der Waals surface area contributed by atoms with Crippen molar-refractivity contribution in [2.75, 3.05) is 18.4 Å². The van der Waals surface area contributed by atoms with Gasteiger partial charge in [0.05, 0.1) is 11.7 Å². The van der Waals surface area contributed by atoms with Gasteiger partial charge in [-0.25, -0.2) is 9.97 Å². The van der Waals surface area contributed by atoms with Crippen molar-refractivity contribution in [1.29, 1.82) is 0 Å². The number of nitrogens with two attached hydrogens (primary N) is 1. The van der Waals surface area contributed by atoms with Gasteiger partial charge in [0.1, 0.15) is 5.82 Å². The number of pyridine rings is 2. The third-order valence-corrected chi connectivity index (χ3v) is 2.87. The quantitative estimate of drug-likeness (QED) is 0.743. The summed E-state index contributed by atoms with van der Waals surface area (Å²) in [6, 6.07) is 5.65.